The largest absolute Gasteiger partial charge is 0.271 e. The summed E-state index contributed by atoms with van der Waals surface area (Å²) in [7, 11) is 0. The molecule has 0 unspecified atom stereocenters. The first-order chi connectivity index (χ1) is 13.9. The molecule has 2 aromatic rings. The lowest BCUT2D eigenvalue weighted by Gasteiger charge is -2.25. The zero-order valence-electron chi connectivity index (χ0n) is 15.5. The zero-order chi connectivity index (χ0) is 21.0. The molecular weight excluding hydrogens is 397 g/mol. The van der Waals surface area contributed by atoms with Gasteiger partial charge in [-0.05, 0) is 54.8 Å². The monoisotopic (exact) mass is 415 g/mol. The molecule has 150 valence electrons. The predicted octanol–water partition coefficient (Wildman–Crippen LogP) is 2.00. The first-order valence-electron chi connectivity index (χ1n) is 8.75. The van der Waals surface area contributed by atoms with Crippen LogP contribution in [0.25, 0.3) is 0 Å². The van der Waals surface area contributed by atoms with E-state index in [9.17, 15) is 23.6 Å². The Balaban J connectivity index is 1.74. The molecule has 2 N–H and O–H groups in total. The molecule has 0 radical (unpaired) electrons. The molecule has 0 fully saturated rings. The van der Waals surface area contributed by atoms with Gasteiger partial charge in [0.15, 0.2) is 0 Å². The molecule has 1 aliphatic heterocycles. The van der Waals surface area contributed by atoms with Gasteiger partial charge in [-0.25, -0.2) is 4.39 Å². The number of thioether (sulfide) groups is 1. The van der Waals surface area contributed by atoms with E-state index in [1.807, 2.05) is 6.26 Å². The third-order valence-corrected chi connectivity index (χ3v) is 5.08. The summed E-state index contributed by atoms with van der Waals surface area (Å²) in [4.78, 5) is 51.2. The van der Waals surface area contributed by atoms with Crippen molar-refractivity contribution in [3.8, 4) is 0 Å². The van der Waals surface area contributed by atoms with E-state index in [1.54, 1.807) is 12.1 Å². The van der Waals surface area contributed by atoms with Gasteiger partial charge in [0.25, 0.3) is 23.6 Å². The molecule has 29 heavy (non-hydrogen) atoms. The fourth-order valence-corrected chi connectivity index (χ4v) is 3.43. The van der Waals surface area contributed by atoms with Gasteiger partial charge >= 0.3 is 0 Å². The molecule has 3 rings (SSSR count). The predicted molar refractivity (Wildman–Crippen MR) is 106 cm³/mol. The Kier molecular flexibility index (Phi) is 6.28. The van der Waals surface area contributed by atoms with Crippen LogP contribution < -0.4 is 10.9 Å². The third kappa shape index (κ3) is 4.29. The highest BCUT2D eigenvalue weighted by atomic mass is 32.2. The van der Waals surface area contributed by atoms with Crippen molar-refractivity contribution in [1.29, 1.82) is 0 Å². The number of carbonyl (C=O) groups excluding carboxylic acids is 4. The van der Waals surface area contributed by atoms with E-state index in [-0.39, 0.29) is 23.1 Å². The molecule has 0 aromatic heterocycles. The van der Waals surface area contributed by atoms with Crippen LogP contribution in [0, 0.1) is 5.82 Å². The molecule has 0 saturated carbocycles. The minimum absolute atomic E-state index is 0.146. The minimum atomic E-state index is -1.08. The number of fused-ring (bicyclic) bond motifs is 1. The molecule has 1 atom stereocenters. The quantitative estimate of drug-likeness (QED) is 0.556. The van der Waals surface area contributed by atoms with Gasteiger partial charge < -0.3 is 0 Å². The van der Waals surface area contributed by atoms with Gasteiger partial charge in [0.1, 0.15) is 11.9 Å². The number of imide groups is 1. The highest BCUT2D eigenvalue weighted by Crippen LogP contribution is 2.26. The maximum absolute atomic E-state index is 13.0. The number of rotatable bonds is 6. The molecule has 7 nitrogen and oxygen atoms in total. The van der Waals surface area contributed by atoms with Crippen molar-refractivity contribution in [2.75, 3.05) is 12.0 Å². The lowest BCUT2D eigenvalue weighted by Crippen LogP contribution is -2.54. The zero-order valence-corrected chi connectivity index (χ0v) is 16.3. The van der Waals surface area contributed by atoms with Crippen molar-refractivity contribution < 1.29 is 23.6 Å². The molecule has 0 bridgehead atoms. The number of hydrazine groups is 1. The molecule has 4 amide bonds. The van der Waals surface area contributed by atoms with Gasteiger partial charge in [0.05, 0.1) is 11.1 Å². The number of hydrogen-bond acceptors (Lipinski definition) is 5. The van der Waals surface area contributed by atoms with Crippen LogP contribution in [0.5, 0.6) is 0 Å². The minimum Gasteiger partial charge on any atom is -0.271 e. The molecule has 0 aliphatic carbocycles. The lowest BCUT2D eigenvalue weighted by atomic mass is 10.1. The van der Waals surface area contributed by atoms with Gasteiger partial charge in [-0.3, -0.25) is 34.9 Å². The summed E-state index contributed by atoms with van der Waals surface area (Å²) in [5, 5.41) is 0. The normalized spacial score (nSPS) is 13.8. The Hall–Kier alpha value is -3.20. The van der Waals surface area contributed by atoms with Crippen LogP contribution in [0.15, 0.2) is 48.5 Å². The number of carbonyl (C=O) groups is 4. The average molecular weight is 415 g/mol. The standard InChI is InChI=1S/C20H18FN3O4S/c1-29-11-10-16(24-19(27)14-4-2-3-5-15(14)20(24)28)18(26)23-22-17(25)12-6-8-13(21)9-7-12/h2-9,16H,10-11H2,1H3,(H,22,25)(H,23,26)/t16-/m0/s1. The molecule has 0 saturated heterocycles. The van der Waals surface area contributed by atoms with Crippen molar-refractivity contribution in [2.45, 2.75) is 12.5 Å². The number of hydrogen-bond donors (Lipinski definition) is 2. The lowest BCUT2D eigenvalue weighted by molar-refractivity contribution is -0.125. The van der Waals surface area contributed by atoms with Gasteiger partial charge in [-0.15, -0.1) is 0 Å². The van der Waals surface area contributed by atoms with Gasteiger partial charge in [-0.1, -0.05) is 12.1 Å². The second-order valence-electron chi connectivity index (χ2n) is 6.27. The molecule has 9 heteroatoms. The number of amides is 4. The summed E-state index contributed by atoms with van der Waals surface area (Å²) >= 11 is 1.46. The smallest absolute Gasteiger partial charge is 0.269 e. The van der Waals surface area contributed by atoms with Crippen LogP contribution >= 0.6 is 11.8 Å². The molecule has 2 aromatic carbocycles. The second-order valence-corrected chi connectivity index (χ2v) is 7.26. The highest BCUT2D eigenvalue weighted by molar-refractivity contribution is 7.98. The van der Waals surface area contributed by atoms with Gasteiger partial charge in [-0.2, -0.15) is 11.8 Å². The topological polar surface area (TPSA) is 95.6 Å². The summed E-state index contributed by atoms with van der Waals surface area (Å²) < 4.78 is 13.0. The summed E-state index contributed by atoms with van der Waals surface area (Å²) in [6.07, 6.45) is 2.07. The van der Waals surface area contributed by atoms with Crippen molar-refractivity contribution in [1.82, 2.24) is 15.8 Å². The number of benzene rings is 2. The van der Waals surface area contributed by atoms with E-state index in [1.165, 1.54) is 36.0 Å². The van der Waals surface area contributed by atoms with E-state index in [0.29, 0.717) is 5.75 Å². The highest BCUT2D eigenvalue weighted by Gasteiger charge is 2.42. The molecule has 1 heterocycles. The van der Waals surface area contributed by atoms with Crippen LogP contribution in [0.2, 0.25) is 0 Å². The maximum Gasteiger partial charge on any atom is 0.269 e. The second kappa shape index (κ2) is 8.87. The summed E-state index contributed by atoms with van der Waals surface area (Å²) in [5.41, 5.74) is 5.13. The van der Waals surface area contributed by atoms with Crippen molar-refractivity contribution in [2.24, 2.45) is 0 Å². The van der Waals surface area contributed by atoms with Gasteiger partial charge in [0, 0.05) is 5.56 Å². The Labute approximate surface area is 170 Å². The molecule has 1 aliphatic rings. The van der Waals surface area contributed by atoms with E-state index < -0.39 is 35.5 Å². The fraction of sp³-hybridized carbons (Fsp3) is 0.200. The van der Waals surface area contributed by atoms with E-state index in [2.05, 4.69) is 10.9 Å². The van der Waals surface area contributed by atoms with Crippen LogP contribution in [0.1, 0.15) is 37.5 Å². The van der Waals surface area contributed by atoms with Crippen molar-refractivity contribution >= 4 is 35.4 Å². The van der Waals surface area contributed by atoms with Crippen LogP contribution in [0.4, 0.5) is 4.39 Å². The summed E-state index contributed by atoms with van der Waals surface area (Å²) in [6.45, 7) is 0. The Morgan fingerprint density at radius 3 is 2.14 bits per heavy atom. The van der Waals surface area contributed by atoms with Gasteiger partial charge in [0.2, 0.25) is 0 Å². The van der Waals surface area contributed by atoms with E-state index in [4.69, 9.17) is 0 Å². The number of nitrogens with one attached hydrogen (secondary N) is 2. The molecule has 0 spiro atoms. The Morgan fingerprint density at radius 2 is 1.59 bits per heavy atom. The van der Waals surface area contributed by atoms with Crippen molar-refractivity contribution in [3.63, 3.8) is 0 Å². The SMILES string of the molecule is CSCC[C@@H](C(=O)NNC(=O)c1ccc(F)cc1)N1C(=O)c2ccccc2C1=O. The first-order valence-corrected chi connectivity index (χ1v) is 10.1. The van der Waals surface area contributed by atoms with Crippen LogP contribution in [0.3, 0.4) is 0 Å². The maximum atomic E-state index is 13.0. The van der Waals surface area contributed by atoms with Crippen LogP contribution in [-0.4, -0.2) is 46.6 Å². The Bertz CT molecular complexity index is 929. The number of halogens is 1. The van der Waals surface area contributed by atoms with E-state index in [0.717, 1.165) is 17.0 Å². The van der Waals surface area contributed by atoms with Crippen molar-refractivity contribution in [3.05, 3.63) is 71.0 Å². The fourth-order valence-electron chi connectivity index (χ4n) is 2.97. The first kappa shape index (κ1) is 20.5. The van der Waals surface area contributed by atoms with Crippen LogP contribution in [-0.2, 0) is 4.79 Å². The van der Waals surface area contributed by atoms with E-state index >= 15 is 0 Å². The third-order valence-electron chi connectivity index (χ3n) is 4.44. The number of nitrogens with zero attached hydrogens (tertiary/aromatic N) is 1. The molecular formula is C20H18FN3O4S. The summed E-state index contributed by atoms with van der Waals surface area (Å²) in [6, 6.07) is 10.1. The Morgan fingerprint density at radius 1 is 1.00 bits per heavy atom. The summed E-state index contributed by atoms with van der Waals surface area (Å²) in [5.74, 6) is -2.40. The average Bonchev–Trinajstić information content (AvgIpc) is 2.98.